The van der Waals surface area contributed by atoms with Crippen LogP contribution < -0.4 is 0 Å². The summed E-state index contributed by atoms with van der Waals surface area (Å²) in [6.07, 6.45) is 2.81. The smallest absolute Gasteiger partial charge is 0.233 e. The van der Waals surface area contributed by atoms with Crippen LogP contribution >= 0.6 is 0 Å². The van der Waals surface area contributed by atoms with Crippen molar-refractivity contribution in [1.29, 1.82) is 0 Å². The van der Waals surface area contributed by atoms with Crippen LogP contribution in [-0.2, 0) is 4.79 Å². The molecule has 13 heavy (non-hydrogen) atoms. The Balaban J connectivity index is 2.67. The minimum absolute atomic E-state index is 0.00444. The molecule has 0 fully saturated rings. The molecule has 1 aromatic carbocycles. The molecule has 0 radical (unpaired) electrons. The lowest BCUT2D eigenvalue weighted by Gasteiger charge is -2.07. The number of phenolic OH excluding ortho intramolecular Hbond substituents is 1. The number of rotatable bonds is 0. The number of carbonyl (C=O) groups excluding carboxylic acids is 2. The van der Waals surface area contributed by atoms with Gasteiger partial charge in [0.1, 0.15) is 5.75 Å². The highest BCUT2D eigenvalue weighted by Gasteiger charge is 2.20. The lowest BCUT2D eigenvalue weighted by atomic mass is 9.95. The number of carbonyl (C=O) groups is 2. The quantitative estimate of drug-likeness (QED) is 0.600. The highest BCUT2D eigenvalue weighted by molar-refractivity contribution is 6.50. The van der Waals surface area contributed by atoms with Crippen molar-refractivity contribution >= 4 is 17.6 Å². The van der Waals surface area contributed by atoms with Crippen molar-refractivity contribution in [2.75, 3.05) is 0 Å². The molecule has 0 aliphatic heterocycles. The first-order valence-corrected chi connectivity index (χ1v) is 3.78. The maximum Gasteiger partial charge on any atom is 0.233 e. The van der Waals surface area contributed by atoms with E-state index >= 15 is 0 Å². The maximum atomic E-state index is 11.3. The lowest BCUT2D eigenvalue weighted by molar-refractivity contribution is -0.110. The molecule has 0 amide bonds. The maximum absolute atomic E-state index is 11.3. The standard InChI is InChI=1S/C10H6O3/c11-7-3-1-6-2-4-9(12)10(13)8(6)5-7/h1-5,11H. The van der Waals surface area contributed by atoms with Gasteiger partial charge in [-0.2, -0.15) is 0 Å². The van der Waals surface area contributed by atoms with Gasteiger partial charge in [0.05, 0.1) is 0 Å². The van der Waals surface area contributed by atoms with Gasteiger partial charge in [-0.1, -0.05) is 12.1 Å². The number of ketones is 2. The van der Waals surface area contributed by atoms with Crippen LogP contribution in [0.3, 0.4) is 0 Å². The first-order valence-electron chi connectivity index (χ1n) is 3.78. The lowest BCUT2D eigenvalue weighted by Crippen LogP contribution is -2.15. The summed E-state index contributed by atoms with van der Waals surface area (Å²) in [5.74, 6) is -1.11. The molecule has 0 aromatic heterocycles. The number of phenols is 1. The zero-order valence-electron chi connectivity index (χ0n) is 6.65. The Hall–Kier alpha value is -1.90. The average Bonchev–Trinajstić information content (AvgIpc) is 2.12. The van der Waals surface area contributed by atoms with Crippen molar-refractivity contribution in [1.82, 2.24) is 0 Å². The van der Waals surface area contributed by atoms with Crippen LogP contribution in [0.4, 0.5) is 0 Å². The Morgan fingerprint density at radius 2 is 1.85 bits per heavy atom. The van der Waals surface area contributed by atoms with Crippen molar-refractivity contribution < 1.29 is 14.7 Å². The second-order valence-electron chi connectivity index (χ2n) is 2.80. The number of fused-ring (bicyclic) bond motifs is 1. The third-order valence-corrected chi connectivity index (χ3v) is 1.92. The van der Waals surface area contributed by atoms with Gasteiger partial charge in [0.25, 0.3) is 0 Å². The van der Waals surface area contributed by atoms with Gasteiger partial charge in [-0.15, -0.1) is 0 Å². The van der Waals surface area contributed by atoms with Crippen molar-refractivity contribution in [2.24, 2.45) is 0 Å². The van der Waals surface area contributed by atoms with Gasteiger partial charge in [-0.25, -0.2) is 0 Å². The first-order chi connectivity index (χ1) is 6.18. The zero-order valence-corrected chi connectivity index (χ0v) is 6.65. The number of hydrogen-bond acceptors (Lipinski definition) is 3. The Bertz CT molecular complexity index is 430. The molecule has 0 bridgehead atoms. The molecule has 0 heterocycles. The number of aromatic hydroxyl groups is 1. The summed E-state index contributed by atoms with van der Waals surface area (Å²) in [5, 5.41) is 9.10. The van der Waals surface area contributed by atoms with Crippen molar-refractivity contribution in [3.8, 4) is 5.75 Å². The van der Waals surface area contributed by atoms with Crippen molar-refractivity contribution in [3.63, 3.8) is 0 Å². The summed E-state index contributed by atoms with van der Waals surface area (Å²) < 4.78 is 0. The van der Waals surface area contributed by atoms with Gasteiger partial charge >= 0.3 is 0 Å². The number of Topliss-reactive ketones (excluding diaryl/α,β-unsaturated/α-hetero) is 1. The van der Waals surface area contributed by atoms with Crippen LogP contribution in [0.25, 0.3) is 6.08 Å². The van der Waals surface area contributed by atoms with E-state index in [0.717, 1.165) is 0 Å². The fourth-order valence-electron chi connectivity index (χ4n) is 1.26. The Morgan fingerprint density at radius 3 is 2.62 bits per heavy atom. The average molecular weight is 174 g/mol. The summed E-state index contributed by atoms with van der Waals surface area (Å²) in [7, 11) is 0. The number of allylic oxidation sites excluding steroid dienone is 1. The predicted octanol–water partition coefficient (Wildman–Crippen LogP) is 1.17. The van der Waals surface area contributed by atoms with E-state index < -0.39 is 11.6 Å². The van der Waals surface area contributed by atoms with E-state index in [0.29, 0.717) is 5.56 Å². The molecule has 64 valence electrons. The van der Waals surface area contributed by atoms with Crippen molar-refractivity contribution in [2.45, 2.75) is 0 Å². The third-order valence-electron chi connectivity index (χ3n) is 1.92. The molecule has 1 aliphatic rings. The van der Waals surface area contributed by atoms with Gasteiger partial charge in [0.2, 0.25) is 11.6 Å². The summed E-state index contributed by atoms with van der Waals surface area (Å²) in [5.41, 5.74) is 0.940. The first kappa shape index (κ1) is 7.73. The Morgan fingerprint density at radius 1 is 1.08 bits per heavy atom. The molecule has 1 aliphatic carbocycles. The zero-order chi connectivity index (χ0) is 9.42. The molecule has 0 saturated heterocycles. The Labute approximate surface area is 74.3 Å². The minimum Gasteiger partial charge on any atom is -0.508 e. The van der Waals surface area contributed by atoms with E-state index in [1.807, 2.05) is 0 Å². The molecule has 0 unspecified atom stereocenters. The van der Waals surface area contributed by atoms with Gasteiger partial charge < -0.3 is 5.11 Å². The molecule has 1 aromatic rings. The monoisotopic (exact) mass is 174 g/mol. The topological polar surface area (TPSA) is 54.4 Å². The van der Waals surface area contributed by atoms with E-state index in [1.165, 1.54) is 18.2 Å². The van der Waals surface area contributed by atoms with E-state index in [4.69, 9.17) is 5.11 Å². The summed E-state index contributed by atoms with van der Waals surface area (Å²) in [6.45, 7) is 0. The molecule has 3 heteroatoms. The third kappa shape index (κ3) is 1.14. The predicted molar refractivity (Wildman–Crippen MR) is 46.5 cm³/mol. The highest BCUT2D eigenvalue weighted by Crippen LogP contribution is 2.21. The molecule has 2 rings (SSSR count). The van der Waals surface area contributed by atoms with Gasteiger partial charge in [-0.3, -0.25) is 9.59 Å². The van der Waals surface area contributed by atoms with E-state index in [1.54, 1.807) is 12.1 Å². The largest absolute Gasteiger partial charge is 0.508 e. The second-order valence-corrected chi connectivity index (χ2v) is 2.80. The summed E-state index contributed by atoms with van der Waals surface area (Å²) >= 11 is 0. The van der Waals surface area contributed by atoms with Crippen LogP contribution in [0.15, 0.2) is 24.3 Å². The molecule has 0 atom stereocenters. The molecular formula is C10H6O3. The van der Waals surface area contributed by atoms with Gasteiger partial charge in [0, 0.05) is 5.56 Å². The van der Waals surface area contributed by atoms with Crippen LogP contribution in [0, 0.1) is 0 Å². The van der Waals surface area contributed by atoms with Crippen LogP contribution in [0.1, 0.15) is 15.9 Å². The van der Waals surface area contributed by atoms with Crippen LogP contribution in [0.5, 0.6) is 5.75 Å². The van der Waals surface area contributed by atoms with Gasteiger partial charge in [-0.05, 0) is 23.8 Å². The van der Waals surface area contributed by atoms with Crippen LogP contribution in [0.2, 0.25) is 0 Å². The number of benzene rings is 1. The van der Waals surface area contributed by atoms with Gasteiger partial charge in [0.15, 0.2) is 0 Å². The SMILES string of the molecule is O=C1C=Cc2ccc(O)cc2C1=O. The molecule has 3 nitrogen and oxygen atoms in total. The van der Waals surface area contributed by atoms with E-state index in [2.05, 4.69) is 0 Å². The molecule has 1 N–H and O–H groups in total. The number of hydrogen-bond donors (Lipinski definition) is 1. The Kier molecular flexibility index (Phi) is 1.52. The second kappa shape index (κ2) is 2.55. The fraction of sp³-hybridized carbons (Fsp3) is 0. The van der Waals surface area contributed by atoms with E-state index in [9.17, 15) is 9.59 Å². The fourth-order valence-corrected chi connectivity index (χ4v) is 1.26. The summed E-state index contributed by atoms with van der Waals surface area (Å²) in [4.78, 5) is 22.2. The normalized spacial score (nSPS) is 14.5. The highest BCUT2D eigenvalue weighted by atomic mass is 16.3. The summed E-state index contributed by atoms with van der Waals surface area (Å²) in [6, 6.07) is 4.39. The minimum atomic E-state index is -0.562. The molecular weight excluding hydrogens is 168 g/mol. The molecule has 0 spiro atoms. The van der Waals surface area contributed by atoms with Crippen molar-refractivity contribution in [3.05, 3.63) is 35.4 Å². The molecule has 0 saturated carbocycles. The van der Waals surface area contributed by atoms with E-state index in [-0.39, 0.29) is 11.3 Å². The van der Waals surface area contributed by atoms with Crippen LogP contribution in [-0.4, -0.2) is 16.7 Å².